The van der Waals surface area contributed by atoms with E-state index in [0.717, 1.165) is 0 Å². The van der Waals surface area contributed by atoms with E-state index >= 15 is 0 Å². The number of carbonyl (C=O) groups excluding carboxylic acids is 1. The highest BCUT2D eigenvalue weighted by Crippen LogP contribution is 2.74. The Morgan fingerprint density at radius 3 is 1.41 bits per heavy atom. The fraction of sp³-hybridized carbons (Fsp3) is 0.940. The van der Waals surface area contributed by atoms with Gasteiger partial charge in [0.2, 0.25) is 6.29 Å². The largest absolute Gasteiger partial charge is 0.432 e. The van der Waals surface area contributed by atoms with Gasteiger partial charge in [0.1, 0.15) is 116 Å². The molecule has 0 amide bonds. The second-order valence-corrected chi connectivity index (χ2v) is 23.6. The molecule has 9 rings (SSSR count). The summed E-state index contributed by atoms with van der Waals surface area (Å²) in [6.07, 6.45) is -39.9. The first-order valence-electron chi connectivity index (χ1n) is 26.9. The van der Waals surface area contributed by atoms with E-state index in [1.807, 2.05) is 0 Å². The molecule has 28 heteroatoms. The van der Waals surface area contributed by atoms with Gasteiger partial charge in [-0.05, 0) is 86.5 Å². The Balaban J connectivity index is 0.968. The maximum atomic E-state index is 14.9. The summed E-state index contributed by atoms with van der Waals surface area (Å²) in [6.45, 7) is 4.32. The molecule has 0 aromatic rings. The van der Waals surface area contributed by atoms with Crippen molar-refractivity contribution in [3.8, 4) is 0 Å². The van der Waals surface area contributed by atoms with E-state index in [-0.39, 0.29) is 11.8 Å². The molecular formula is C50H80O28. The van der Waals surface area contributed by atoms with Crippen LogP contribution >= 0.6 is 0 Å². The van der Waals surface area contributed by atoms with E-state index in [1.165, 1.54) is 0 Å². The highest BCUT2D eigenvalue weighted by Gasteiger charge is 2.70. The molecule has 5 heterocycles. The Bertz CT molecular complexity index is 2070. The molecule has 9 aliphatic rings. The average molecular weight is 1130 g/mol. The lowest BCUT2D eigenvalue weighted by Crippen LogP contribution is -2.68. The standard InChI is InChI=1S/C50H80O28/c1-18-11-49-9-5-24-47(2,7-4-8-48(24,3)46(68)77-44-39(34(64)29(59)22(15-54)72-44)75-42-36(66)32(62)27(57)20(13-52)70-42)25(49)6-10-50(18,17-49)78-45-40(76-43-37(67)33(63)28(58)21(14-53)71-43)38(30(60)23(16-55)73-45)74-41-35(65)31(61)26(56)19(12-51)69-41/h19-45,51-67H,1,4-17H2,2-3H3/t19-,20-,21-,22-,23-,24?,25?,26?,27?,28?,29?,30?,31+,32+,33+,34+,35?,36?,37?,38+,39?,40?,41?,42?,43?,44?,45?,47?,48-,49-,50?/m1/s1. The number of ether oxygens (including phenoxy) is 10. The molecule has 28 nitrogen and oxygen atoms in total. The summed E-state index contributed by atoms with van der Waals surface area (Å²) in [4.78, 5) is 14.9. The first-order valence-corrected chi connectivity index (χ1v) is 26.9. The van der Waals surface area contributed by atoms with Crippen LogP contribution in [0, 0.1) is 28.1 Å². The summed E-state index contributed by atoms with van der Waals surface area (Å²) in [5.74, 6) is -1.14. The second-order valence-electron chi connectivity index (χ2n) is 23.6. The Morgan fingerprint density at radius 2 is 0.910 bits per heavy atom. The van der Waals surface area contributed by atoms with Crippen molar-refractivity contribution < 1.29 is 139 Å². The number of aliphatic hydroxyl groups is 17. The lowest BCUT2D eigenvalue weighted by atomic mass is 9.41. The third kappa shape index (κ3) is 10.3. The predicted octanol–water partition coefficient (Wildman–Crippen LogP) is -7.29. The summed E-state index contributed by atoms with van der Waals surface area (Å²) in [7, 11) is 0. The number of hydrogen-bond acceptors (Lipinski definition) is 28. The number of carbonyl (C=O) groups is 1. The molecule has 9 fully saturated rings. The van der Waals surface area contributed by atoms with E-state index in [0.29, 0.717) is 63.4 Å². The van der Waals surface area contributed by atoms with Gasteiger partial charge >= 0.3 is 5.97 Å². The number of esters is 1. The second kappa shape index (κ2) is 23.3. The Kier molecular flexibility index (Phi) is 18.2. The average Bonchev–Trinajstić information content (AvgIpc) is 3.69. The van der Waals surface area contributed by atoms with Crippen LogP contribution in [0.4, 0.5) is 0 Å². The fourth-order valence-corrected chi connectivity index (χ4v) is 15.0. The summed E-state index contributed by atoms with van der Waals surface area (Å²) in [5, 5.41) is 181. The summed E-state index contributed by atoms with van der Waals surface area (Å²) in [6, 6.07) is 0. The molecule has 19 unspecified atom stereocenters. The maximum absolute atomic E-state index is 14.9. The number of rotatable bonds is 15. The van der Waals surface area contributed by atoms with Gasteiger partial charge in [-0.1, -0.05) is 19.9 Å². The van der Waals surface area contributed by atoms with Gasteiger partial charge in [0.05, 0.1) is 44.1 Å². The monoisotopic (exact) mass is 1130 g/mol. The van der Waals surface area contributed by atoms with Crippen molar-refractivity contribution in [3.05, 3.63) is 12.2 Å². The molecule has 1 spiro atoms. The Labute approximate surface area is 448 Å². The van der Waals surface area contributed by atoms with Crippen LogP contribution in [0.3, 0.4) is 0 Å². The summed E-state index contributed by atoms with van der Waals surface area (Å²) in [5.41, 5.74) is -2.81. The molecule has 0 radical (unpaired) electrons. The summed E-state index contributed by atoms with van der Waals surface area (Å²) < 4.78 is 60.3. The maximum Gasteiger partial charge on any atom is 0.314 e. The van der Waals surface area contributed by atoms with Gasteiger partial charge in [0.15, 0.2) is 31.3 Å². The number of hydrogen-bond donors (Lipinski definition) is 17. The van der Waals surface area contributed by atoms with E-state index in [2.05, 4.69) is 13.5 Å². The highest BCUT2D eigenvalue weighted by molar-refractivity contribution is 5.77. The summed E-state index contributed by atoms with van der Waals surface area (Å²) >= 11 is 0. The molecular weight excluding hydrogens is 1050 g/mol. The predicted molar refractivity (Wildman–Crippen MR) is 252 cm³/mol. The van der Waals surface area contributed by atoms with Gasteiger partial charge in [-0.2, -0.15) is 0 Å². The first kappa shape index (κ1) is 60.8. The topological polar surface area (TPSA) is 453 Å². The van der Waals surface area contributed by atoms with Crippen molar-refractivity contribution in [2.75, 3.05) is 33.0 Å². The van der Waals surface area contributed by atoms with Crippen LogP contribution in [0.25, 0.3) is 0 Å². The zero-order valence-corrected chi connectivity index (χ0v) is 43.3. The van der Waals surface area contributed by atoms with Crippen molar-refractivity contribution in [1.29, 1.82) is 0 Å². The van der Waals surface area contributed by atoms with Crippen LogP contribution in [-0.4, -0.2) is 285 Å². The molecule has 2 bridgehead atoms. The molecule has 4 aliphatic carbocycles. The van der Waals surface area contributed by atoms with Gasteiger partial charge in [-0.3, -0.25) is 4.79 Å². The van der Waals surface area contributed by atoms with Crippen molar-refractivity contribution in [1.82, 2.24) is 0 Å². The minimum absolute atomic E-state index is 0.0705. The third-order valence-electron chi connectivity index (χ3n) is 19.2. The molecule has 17 N–H and O–H groups in total. The Hall–Kier alpha value is -1.83. The lowest BCUT2D eigenvalue weighted by Gasteiger charge is -2.64. The van der Waals surface area contributed by atoms with Crippen molar-refractivity contribution in [3.63, 3.8) is 0 Å². The van der Waals surface area contributed by atoms with E-state index in [4.69, 9.17) is 47.4 Å². The third-order valence-corrected chi connectivity index (χ3v) is 19.2. The molecule has 4 saturated carbocycles. The zero-order chi connectivity index (χ0) is 56.7. The number of fused-ring (bicyclic) bond motifs is 3. The van der Waals surface area contributed by atoms with Crippen molar-refractivity contribution in [2.45, 2.75) is 231 Å². The Morgan fingerprint density at radius 1 is 0.487 bits per heavy atom. The minimum atomic E-state index is -1.99. The molecule has 31 atom stereocenters. The number of aliphatic hydroxyl groups excluding tert-OH is 17. The van der Waals surface area contributed by atoms with Crippen LogP contribution < -0.4 is 0 Å². The van der Waals surface area contributed by atoms with Gasteiger partial charge in [-0.15, -0.1) is 0 Å². The van der Waals surface area contributed by atoms with Crippen molar-refractivity contribution in [2.24, 2.45) is 28.1 Å². The fourth-order valence-electron chi connectivity index (χ4n) is 15.0. The van der Waals surface area contributed by atoms with Crippen LogP contribution in [0.5, 0.6) is 0 Å². The normalized spacial score (nSPS) is 54.5. The van der Waals surface area contributed by atoms with Gasteiger partial charge in [0.25, 0.3) is 0 Å². The lowest BCUT2D eigenvalue weighted by molar-refractivity contribution is -0.400. The van der Waals surface area contributed by atoms with E-state index in [1.54, 1.807) is 6.92 Å². The van der Waals surface area contributed by atoms with Crippen LogP contribution in [0.2, 0.25) is 0 Å². The van der Waals surface area contributed by atoms with Gasteiger partial charge < -0.3 is 134 Å². The SMILES string of the molecule is C=C1C[C@@]23CCC4C(C)(CCC[C@@]4(C)C(=O)OC4O[C@H](CO)C(O)[C@H](O)C4OC4O[C@H](CO)C(O)[C@H](O)C4O)C2CCC1(OC1O[C@H](CO)C(O)[C@H](OC2O[C@H](CO)C(O)[C@H](O)C2O)C1OC1O[C@H](CO)C(O)[C@H](O)C1O)C3. The molecule has 5 aliphatic heterocycles. The van der Waals surface area contributed by atoms with Gasteiger partial charge in [0, 0.05) is 0 Å². The first-order chi connectivity index (χ1) is 36.9. The molecule has 0 aromatic heterocycles. The molecule has 0 aromatic carbocycles. The van der Waals surface area contributed by atoms with Crippen LogP contribution in [-0.2, 0) is 52.2 Å². The van der Waals surface area contributed by atoms with E-state index < -0.39 is 214 Å². The minimum Gasteiger partial charge on any atom is -0.432 e. The smallest absolute Gasteiger partial charge is 0.314 e. The molecule has 448 valence electrons. The molecule has 78 heavy (non-hydrogen) atoms. The highest BCUT2D eigenvalue weighted by atomic mass is 16.8. The molecule has 5 saturated heterocycles. The van der Waals surface area contributed by atoms with Crippen LogP contribution in [0.15, 0.2) is 12.2 Å². The van der Waals surface area contributed by atoms with Crippen LogP contribution in [0.1, 0.15) is 71.6 Å². The quantitative estimate of drug-likeness (QED) is 0.0411. The zero-order valence-electron chi connectivity index (χ0n) is 43.3. The van der Waals surface area contributed by atoms with Gasteiger partial charge in [-0.25, -0.2) is 0 Å². The van der Waals surface area contributed by atoms with Crippen molar-refractivity contribution >= 4 is 5.97 Å². The van der Waals surface area contributed by atoms with E-state index in [9.17, 15) is 91.6 Å².